The molecule has 1 aromatic rings. The third-order valence-corrected chi connectivity index (χ3v) is 3.83. The van der Waals surface area contributed by atoms with Crippen molar-refractivity contribution >= 4 is 11.8 Å². The third kappa shape index (κ3) is 3.45. The van der Waals surface area contributed by atoms with Crippen LogP contribution in [0.25, 0.3) is 0 Å². The molecule has 2 amide bonds. The van der Waals surface area contributed by atoms with E-state index < -0.39 is 0 Å². The lowest BCUT2D eigenvalue weighted by molar-refractivity contribution is -0.144. The van der Waals surface area contributed by atoms with Crippen LogP contribution in [0.5, 0.6) is 0 Å². The highest BCUT2D eigenvalue weighted by Gasteiger charge is 2.26. The maximum Gasteiger partial charge on any atom is 0.229 e. The molecule has 20 heavy (non-hydrogen) atoms. The number of carbonyl (C=O) groups is 2. The van der Waals surface area contributed by atoms with E-state index >= 15 is 0 Å². The molecular weight excluding hydrogens is 252 g/mol. The summed E-state index contributed by atoms with van der Waals surface area (Å²) in [4.78, 5) is 25.5. The van der Waals surface area contributed by atoms with Crippen LogP contribution in [0.2, 0.25) is 0 Å². The summed E-state index contributed by atoms with van der Waals surface area (Å²) in [5.74, 6) is -0.0836. The number of imide groups is 1. The standard InChI is InChI=1S/C16H22N2O2/c1-12-7-9-13(10-8-12)14(17-2)11-18-15(19)5-3-4-6-16(18)20/h7-10,14,17H,3-6,11H2,1-2H3. The first-order valence-electron chi connectivity index (χ1n) is 7.19. The Morgan fingerprint density at radius 2 is 1.65 bits per heavy atom. The minimum atomic E-state index is -0.0418. The second-order valence-corrected chi connectivity index (χ2v) is 5.36. The van der Waals surface area contributed by atoms with Gasteiger partial charge in [-0.05, 0) is 32.4 Å². The first kappa shape index (κ1) is 14.7. The van der Waals surface area contributed by atoms with Crippen molar-refractivity contribution in [2.75, 3.05) is 13.6 Å². The van der Waals surface area contributed by atoms with Gasteiger partial charge in [0.25, 0.3) is 0 Å². The molecule has 1 heterocycles. The molecule has 0 spiro atoms. The van der Waals surface area contributed by atoms with Gasteiger partial charge in [-0.1, -0.05) is 29.8 Å². The number of nitrogens with zero attached hydrogens (tertiary/aromatic N) is 1. The molecule has 1 unspecified atom stereocenters. The largest absolute Gasteiger partial charge is 0.312 e. The Balaban J connectivity index is 2.13. The van der Waals surface area contributed by atoms with Crippen LogP contribution in [-0.2, 0) is 9.59 Å². The van der Waals surface area contributed by atoms with Crippen LogP contribution >= 0.6 is 0 Å². The molecule has 0 aliphatic carbocycles. The van der Waals surface area contributed by atoms with Crippen molar-refractivity contribution < 1.29 is 9.59 Å². The van der Waals surface area contributed by atoms with Gasteiger partial charge in [0, 0.05) is 19.4 Å². The van der Waals surface area contributed by atoms with Crippen molar-refractivity contribution in [2.45, 2.75) is 38.6 Å². The predicted molar refractivity (Wildman–Crippen MR) is 78.2 cm³/mol. The zero-order valence-corrected chi connectivity index (χ0v) is 12.2. The molecule has 0 bridgehead atoms. The molecule has 2 rings (SSSR count). The average molecular weight is 274 g/mol. The van der Waals surface area contributed by atoms with Crippen LogP contribution < -0.4 is 5.32 Å². The van der Waals surface area contributed by atoms with E-state index in [1.165, 1.54) is 10.5 Å². The molecule has 1 atom stereocenters. The fourth-order valence-corrected chi connectivity index (χ4v) is 2.51. The molecule has 1 fully saturated rings. The van der Waals surface area contributed by atoms with Crippen LogP contribution in [0.1, 0.15) is 42.9 Å². The summed E-state index contributed by atoms with van der Waals surface area (Å²) >= 11 is 0. The fraction of sp³-hybridized carbons (Fsp3) is 0.500. The first-order valence-corrected chi connectivity index (χ1v) is 7.19. The summed E-state index contributed by atoms with van der Waals surface area (Å²) in [6.45, 7) is 2.46. The van der Waals surface area contributed by atoms with Crippen molar-refractivity contribution in [2.24, 2.45) is 0 Å². The quantitative estimate of drug-likeness (QED) is 0.856. The van der Waals surface area contributed by atoms with Gasteiger partial charge in [-0.2, -0.15) is 0 Å². The average Bonchev–Trinajstić information content (AvgIpc) is 2.60. The molecule has 0 aromatic heterocycles. The number of aryl methyl sites for hydroxylation is 1. The lowest BCUT2D eigenvalue weighted by atomic mass is 10.0. The lowest BCUT2D eigenvalue weighted by Gasteiger charge is -2.25. The summed E-state index contributed by atoms with van der Waals surface area (Å²) in [6.07, 6.45) is 2.60. The fourth-order valence-electron chi connectivity index (χ4n) is 2.51. The molecule has 108 valence electrons. The summed E-state index contributed by atoms with van der Waals surface area (Å²) in [5, 5.41) is 3.20. The SMILES string of the molecule is CNC(CN1C(=O)CCCCC1=O)c1ccc(C)cc1. The van der Waals surface area contributed by atoms with Gasteiger partial charge in [0.15, 0.2) is 0 Å². The van der Waals surface area contributed by atoms with Crippen LogP contribution in [0.3, 0.4) is 0 Å². The van der Waals surface area contributed by atoms with Crippen LogP contribution in [0.15, 0.2) is 24.3 Å². The highest BCUT2D eigenvalue weighted by atomic mass is 16.2. The number of rotatable bonds is 4. The number of hydrogen-bond acceptors (Lipinski definition) is 3. The molecule has 4 heteroatoms. The van der Waals surface area contributed by atoms with Crippen molar-refractivity contribution in [3.63, 3.8) is 0 Å². The van der Waals surface area contributed by atoms with E-state index in [4.69, 9.17) is 0 Å². The maximum atomic E-state index is 12.0. The molecule has 1 aromatic carbocycles. The van der Waals surface area contributed by atoms with E-state index in [0.717, 1.165) is 18.4 Å². The summed E-state index contributed by atoms with van der Waals surface area (Å²) in [7, 11) is 1.86. The molecule has 1 aliphatic heterocycles. The Morgan fingerprint density at radius 1 is 1.10 bits per heavy atom. The Bertz CT molecular complexity index is 464. The molecule has 4 nitrogen and oxygen atoms in total. The summed E-state index contributed by atoms with van der Waals surface area (Å²) in [6, 6.07) is 8.17. The number of likely N-dealkylation sites (N-methyl/N-ethyl adjacent to an activating group) is 1. The van der Waals surface area contributed by atoms with Gasteiger partial charge in [-0.3, -0.25) is 14.5 Å². The zero-order chi connectivity index (χ0) is 14.5. The van der Waals surface area contributed by atoms with E-state index in [2.05, 4.69) is 5.32 Å². The molecule has 1 N–H and O–H groups in total. The highest BCUT2D eigenvalue weighted by Crippen LogP contribution is 2.19. The second kappa shape index (κ2) is 6.66. The van der Waals surface area contributed by atoms with Gasteiger partial charge in [0.1, 0.15) is 0 Å². The Hall–Kier alpha value is -1.68. The Labute approximate surface area is 120 Å². The summed E-state index contributed by atoms with van der Waals surface area (Å²) < 4.78 is 0. The highest BCUT2D eigenvalue weighted by molar-refractivity contribution is 5.96. The van der Waals surface area contributed by atoms with Gasteiger partial charge >= 0.3 is 0 Å². The lowest BCUT2D eigenvalue weighted by Crippen LogP contribution is -2.41. The van der Waals surface area contributed by atoms with E-state index in [-0.39, 0.29) is 17.9 Å². The monoisotopic (exact) mass is 274 g/mol. The van der Waals surface area contributed by atoms with Crippen molar-refractivity contribution in [3.8, 4) is 0 Å². The van der Waals surface area contributed by atoms with Gasteiger partial charge in [-0.25, -0.2) is 0 Å². The molecule has 0 saturated carbocycles. The summed E-state index contributed by atoms with van der Waals surface area (Å²) in [5.41, 5.74) is 2.30. The number of hydrogen-bond donors (Lipinski definition) is 1. The number of likely N-dealkylation sites (tertiary alicyclic amines) is 1. The van der Waals surface area contributed by atoms with Crippen LogP contribution in [-0.4, -0.2) is 30.3 Å². The topological polar surface area (TPSA) is 49.4 Å². The van der Waals surface area contributed by atoms with Crippen molar-refractivity contribution in [1.29, 1.82) is 0 Å². The van der Waals surface area contributed by atoms with Crippen LogP contribution in [0, 0.1) is 6.92 Å². The smallest absolute Gasteiger partial charge is 0.229 e. The van der Waals surface area contributed by atoms with E-state index in [1.54, 1.807) is 0 Å². The number of nitrogens with one attached hydrogen (secondary N) is 1. The van der Waals surface area contributed by atoms with Crippen LogP contribution in [0.4, 0.5) is 0 Å². The first-order chi connectivity index (χ1) is 9.61. The van der Waals surface area contributed by atoms with Crippen molar-refractivity contribution in [1.82, 2.24) is 10.2 Å². The maximum absolute atomic E-state index is 12.0. The number of benzene rings is 1. The third-order valence-electron chi connectivity index (χ3n) is 3.83. The molecular formula is C16H22N2O2. The number of amides is 2. The molecule has 1 saturated heterocycles. The van der Waals surface area contributed by atoms with E-state index in [9.17, 15) is 9.59 Å². The van der Waals surface area contributed by atoms with Gasteiger partial charge < -0.3 is 5.32 Å². The Morgan fingerprint density at radius 3 is 2.15 bits per heavy atom. The van der Waals surface area contributed by atoms with E-state index in [0.29, 0.717) is 19.4 Å². The normalized spacial score (nSPS) is 18.0. The zero-order valence-electron chi connectivity index (χ0n) is 12.2. The van der Waals surface area contributed by atoms with Gasteiger partial charge in [-0.15, -0.1) is 0 Å². The van der Waals surface area contributed by atoms with Crippen molar-refractivity contribution in [3.05, 3.63) is 35.4 Å². The predicted octanol–water partition coefficient (Wildman–Crippen LogP) is 2.18. The van der Waals surface area contributed by atoms with Gasteiger partial charge in [0.2, 0.25) is 11.8 Å². The minimum Gasteiger partial charge on any atom is -0.312 e. The molecule has 1 aliphatic rings. The minimum absolute atomic E-state index is 0.0124. The second-order valence-electron chi connectivity index (χ2n) is 5.36. The van der Waals surface area contributed by atoms with E-state index in [1.807, 2.05) is 38.2 Å². The van der Waals surface area contributed by atoms with Gasteiger partial charge in [0.05, 0.1) is 6.04 Å². The molecule has 0 radical (unpaired) electrons. The number of carbonyl (C=O) groups excluding carboxylic acids is 2. The Kier molecular flexibility index (Phi) is 4.90.